The minimum Gasteiger partial charge on any atom is -0.451 e. The second kappa shape index (κ2) is 11.0. The maximum Gasteiger partial charge on any atom is 0.291 e. The second-order valence-electron chi connectivity index (χ2n) is 9.92. The third-order valence-electron chi connectivity index (χ3n) is 5.67. The lowest BCUT2D eigenvalue weighted by Crippen LogP contribution is -2.33. The average molecular weight is 570 g/mol. The van der Waals surface area contributed by atoms with Crippen molar-refractivity contribution in [3.05, 3.63) is 76.0 Å². The summed E-state index contributed by atoms with van der Waals surface area (Å²) in [7, 11) is -3.72. The molecule has 12 nitrogen and oxygen atoms in total. The fourth-order valence-electron chi connectivity index (χ4n) is 4.14. The Kier molecular flexibility index (Phi) is 7.91. The van der Waals surface area contributed by atoms with Crippen molar-refractivity contribution in [1.29, 1.82) is 0 Å². The molecule has 4 rings (SSSR count). The SMILES string of the molecule is CC(C)(C)ON(C=O)c1cc(NC(=O)c2cc3cc([N+](=O)[O-])ccc3o2)c(CCOS(C)(=O)=O)c2ccccc12. The van der Waals surface area contributed by atoms with Crippen LogP contribution in [-0.2, 0) is 30.4 Å². The van der Waals surface area contributed by atoms with Gasteiger partial charge >= 0.3 is 0 Å². The number of hydrogen-bond donors (Lipinski definition) is 1. The summed E-state index contributed by atoms with van der Waals surface area (Å²) in [6.07, 6.45) is 1.54. The normalized spacial score (nSPS) is 12.0. The Bertz CT molecular complexity index is 1720. The highest BCUT2D eigenvalue weighted by atomic mass is 32.2. The van der Waals surface area contributed by atoms with Crippen LogP contribution in [0.5, 0.6) is 0 Å². The molecule has 1 N–H and O–H groups in total. The van der Waals surface area contributed by atoms with Gasteiger partial charge in [-0.15, -0.1) is 0 Å². The summed E-state index contributed by atoms with van der Waals surface area (Å²) >= 11 is 0. The zero-order chi connectivity index (χ0) is 29.2. The predicted octanol–water partition coefficient (Wildman–Crippen LogP) is 4.96. The summed E-state index contributed by atoms with van der Waals surface area (Å²) in [6.45, 7) is 5.13. The molecule has 1 heterocycles. The van der Waals surface area contributed by atoms with Crippen LogP contribution in [0, 0.1) is 10.1 Å². The molecule has 0 atom stereocenters. The zero-order valence-electron chi connectivity index (χ0n) is 22.2. The number of nitro groups is 1. The van der Waals surface area contributed by atoms with Gasteiger partial charge < -0.3 is 9.73 Å². The summed E-state index contributed by atoms with van der Waals surface area (Å²) in [4.78, 5) is 41.8. The molecule has 0 aliphatic rings. The van der Waals surface area contributed by atoms with E-state index in [4.69, 9.17) is 13.4 Å². The van der Waals surface area contributed by atoms with Crippen LogP contribution in [0.1, 0.15) is 36.9 Å². The van der Waals surface area contributed by atoms with E-state index in [0.29, 0.717) is 33.8 Å². The number of rotatable bonds is 10. The summed E-state index contributed by atoms with van der Waals surface area (Å²) in [6, 6.07) is 14.0. The number of hydrogen-bond acceptors (Lipinski definition) is 9. The Morgan fingerprint density at radius 1 is 1.12 bits per heavy atom. The Balaban J connectivity index is 1.81. The highest BCUT2D eigenvalue weighted by molar-refractivity contribution is 7.85. The summed E-state index contributed by atoms with van der Waals surface area (Å²) in [5, 5.41) is 16.6. The molecule has 0 saturated carbocycles. The van der Waals surface area contributed by atoms with Crippen molar-refractivity contribution >= 4 is 61.2 Å². The first kappa shape index (κ1) is 28.7. The van der Waals surface area contributed by atoms with Gasteiger partial charge in [0.1, 0.15) is 5.58 Å². The molecule has 0 radical (unpaired) electrons. The molecule has 0 spiro atoms. The molecule has 0 unspecified atom stereocenters. The van der Waals surface area contributed by atoms with Crippen LogP contribution in [0.2, 0.25) is 0 Å². The van der Waals surface area contributed by atoms with Gasteiger partial charge in [0.2, 0.25) is 6.41 Å². The maximum atomic E-state index is 13.3. The summed E-state index contributed by atoms with van der Waals surface area (Å²) in [5.41, 5.74) is 0.535. The molecule has 0 fully saturated rings. The third kappa shape index (κ3) is 6.62. The van der Waals surface area contributed by atoms with Crippen molar-refractivity contribution in [2.75, 3.05) is 23.2 Å². The van der Waals surface area contributed by atoms with E-state index >= 15 is 0 Å². The standard InChI is InChI=1S/C27H27N3O9S/c1-27(2,3)39-29(16-31)23-15-22(20(11-12-37-40(4,35)36)19-7-5-6-8-21(19)23)28-26(32)25-14-17-13-18(30(33)34)9-10-24(17)38-25/h5-10,13-16H,11-12H2,1-4H3,(H,28,32). The van der Waals surface area contributed by atoms with E-state index in [1.807, 2.05) is 0 Å². The Morgan fingerprint density at radius 3 is 2.45 bits per heavy atom. The van der Waals surface area contributed by atoms with Gasteiger partial charge in [-0.05, 0) is 56.3 Å². The number of carbonyl (C=O) groups is 2. The number of carbonyl (C=O) groups excluding carboxylic acids is 2. The highest BCUT2D eigenvalue weighted by Crippen LogP contribution is 2.37. The van der Waals surface area contributed by atoms with Crippen LogP contribution in [0.4, 0.5) is 17.1 Å². The number of fused-ring (bicyclic) bond motifs is 2. The monoisotopic (exact) mass is 569 g/mol. The Hall–Kier alpha value is -4.33. The van der Waals surface area contributed by atoms with Crippen molar-refractivity contribution in [3.8, 4) is 0 Å². The predicted molar refractivity (Wildman–Crippen MR) is 149 cm³/mol. The topological polar surface area (TPSA) is 158 Å². The largest absolute Gasteiger partial charge is 0.451 e. The Morgan fingerprint density at radius 2 is 1.82 bits per heavy atom. The number of non-ortho nitro benzene ring substituents is 1. The fourth-order valence-corrected chi connectivity index (χ4v) is 4.52. The number of anilines is 2. The van der Waals surface area contributed by atoms with Gasteiger partial charge in [-0.2, -0.15) is 13.5 Å². The lowest BCUT2D eigenvalue weighted by molar-refractivity contribution is -0.384. The maximum absolute atomic E-state index is 13.3. The second-order valence-corrected chi connectivity index (χ2v) is 11.6. The fraction of sp³-hybridized carbons (Fsp3) is 0.259. The molecular weight excluding hydrogens is 542 g/mol. The van der Waals surface area contributed by atoms with Crippen LogP contribution in [0.3, 0.4) is 0 Å². The molecule has 0 saturated heterocycles. The van der Waals surface area contributed by atoms with Gasteiger partial charge in [0.25, 0.3) is 21.7 Å². The van der Waals surface area contributed by atoms with Crippen molar-refractivity contribution in [2.24, 2.45) is 0 Å². The number of hydroxylamine groups is 1. The van der Waals surface area contributed by atoms with E-state index in [9.17, 15) is 28.1 Å². The van der Waals surface area contributed by atoms with Crippen LogP contribution in [0.15, 0.2) is 59.0 Å². The first-order chi connectivity index (χ1) is 18.8. The molecule has 0 bridgehead atoms. The number of nitrogens with one attached hydrogen (secondary N) is 1. The van der Waals surface area contributed by atoms with Crippen LogP contribution in [-0.4, -0.2) is 44.1 Å². The van der Waals surface area contributed by atoms with Crippen molar-refractivity contribution in [3.63, 3.8) is 0 Å². The van der Waals surface area contributed by atoms with E-state index in [1.165, 1.54) is 24.3 Å². The van der Waals surface area contributed by atoms with Gasteiger partial charge in [-0.3, -0.25) is 28.7 Å². The summed E-state index contributed by atoms with van der Waals surface area (Å²) < 4.78 is 33.8. The van der Waals surface area contributed by atoms with Crippen LogP contribution >= 0.6 is 0 Å². The molecule has 210 valence electrons. The molecule has 1 aromatic heterocycles. The Labute approximate surface area is 229 Å². The van der Waals surface area contributed by atoms with Crippen molar-refractivity contribution < 1.29 is 36.4 Å². The quantitative estimate of drug-likeness (QED) is 0.121. The van der Waals surface area contributed by atoms with Gasteiger partial charge in [0, 0.05) is 28.6 Å². The molecule has 0 aliphatic heterocycles. The average Bonchev–Trinajstić information content (AvgIpc) is 3.30. The number of nitrogens with zero attached hydrogens (tertiary/aromatic N) is 2. The minimum atomic E-state index is -3.72. The minimum absolute atomic E-state index is 0.0943. The third-order valence-corrected chi connectivity index (χ3v) is 6.27. The lowest BCUT2D eigenvalue weighted by Gasteiger charge is -2.28. The number of nitro benzene ring substituents is 1. The van der Waals surface area contributed by atoms with Gasteiger partial charge in [-0.1, -0.05) is 24.3 Å². The van der Waals surface area contributed by atoms with E-state index in [0.717, 1.165) is 11.3 Å². The zero-order valence-corrected chi connectivity index (χ0v) is 23.0. The molecule has 3 aromatic carbocycles. The first-order valence-electron chi connectivity index (χ1n) is 12.1. The lowest BCUT2D eigenvalue weighted by atomic mass is 9.98. The number of furan rings is 1. The molecule has 40 heavy (non-hydrogen) atoms. The van der Waals surface area contributed by atoms with Crippen LogP contribution < -0.4 is 10.4 Å². The molecule has 13 heteroatoms. The van der Waals surface area contributed by atoms with Gasteiger partial charge in [0.15, 0.2) is 5.76 Å². The summed E-state index contributed by atoms with van der Waals surface area (Å²) in [5.74, 6) is -0.776. The molecule has 4 aromatic rings. The van der Waals surface area contributed by atoms with Gasteiger partial charge in [-0.25, -0.2) is 0 Å². The number of benzene rings is 3. The first-order valence-corrected chi connectivity index (χ1v) is 13.9. The van der Waals surface area contributed by atoms with E-state index in [-0.39, 0.29) is 35.7 Å². The van der Waals surface area contributed by atoms with Crippen molar-refractivity contribution in [1.82, 2.24) is 0 Å². The number of amides is 2. The molecular formula is C27H27N3O9S. The molecule has 0 aliphatic carbocycles. The smallest absolute Gasteiger partial charge is 0.291 e. The van der Waals surface area contributed by atoms with E-state index in [1.54, 1.807) is 51.1 Å². The highest BCUT2D eigenvalue weighted by Gasteiger charge is 2.24. The van der Waals surface area contributed by atoms with Crippen molar-refractivity contribution in [2.45, 2.75) is 32.8 Å². The van der Waals surface area contributed by atoms with Crippen LogP contribution in [0.25, 0.3) is 21.7 Å². The van der Waals surface area contributed by atoms with E-state index in [2.05, 4.69) is 5.32 Å². The molecule has 2 amide bonds. The van der Waals surface area contributed by atoms with E-state index < -0.39 is 26.5 Å². The van der Waals surface area contributed by atoms with Gasteiger partial charge in [0.05, 0.1) is 29.1 Å².